The molecule has 0 saturated heterocycles. The minimum atomic E-state index is -0.235. The average molecular weight is 252 g/mol. The van der Waals surface area contributed by atoms with E-state index in [9.17, 15) is 14.4 Å². The predicted octanol–water partition coefficient (Wildman–Crippen LogP) is 0.998. The molecule has 5 nitrogen and oxygen atoms in total. The monoisotopic (exact) mass is 252 g/mol. The summed E-state index contributed by atoms with van der Waals surface area (Å²) in [5.41, 5.74) is 0. The molecule has 1 aliphatic heterocycles. The molecule has 18 heavy (non-hydrogen) atoms. The van der Waals surface area contributed by atoms with E-state index in [0.717, 1.165) is 32.2 Å². The Balaban J connectivity index is 2.04. The van der Waals surface area contributed by atoms with E-state index in [4.69, 9.17) is 0 Å². The fraction of sp³-hybridized carbons (Fsp3) is 0.615. The normalized spacial score (nSPS) is 14.4. The molecule has 0 spiro atoms. The van der Waals surface area contributed by atoms with Crippen LogP contribution in [0.2, 0.25) is 0 Å². The van der Waals surface area contributed by atoms with Crippen LogP contribution < -0.4 is 5.32 Å². The summed E-state index contributed by atoms with van der Waals surface area (Å²) in [5, 5.41) is 2.81. The minimum Gasteiger partial charge on any atom is -0.356 e. The van der Waals surface area contributed by atoms with Gasteiger partial charge in [0.25, 0.3) is 11.8 Å². The van der Waals surface area contributed by atoms with Gasteiger partial charge in [0.05, 0.1) is 0 Å². The molecule has 1 aliphatic rings. The third-order valence-corrected chi connectivity index (χ3v) is 2.76. The first-order valence-corrected chi connectivity index (χ1v) is 6.45. The third-order valence-electron chi connectivity index (χ3n) is 2.76. The van der Waals surface area contributed by atoms with Crippen molar-refractivity contribution in [3.8, 4) is 0 Å². The van der Waals surface area contributed by atoms with Gasteiger partial charge in [-0.2, -0.15) is 0 Å². The van der Waals surface area contributed by atoms with Crippen LogP contribution in [0.3, 0.4) is 0 Å². The summed E-state index contributed by atoms with van der Waals surface area (Å²) in [6.45, 7) is 3.18. The minimum absolute atomic E-state index is 0.0758. The number of hydrogen-bond acceptors (Lipinski definition) is 3. The zero-order chi connectivity index (χ0) is 13.4. The Kier molecular flexibility index (Phi) is 6.11. The lowest BCUT2D eigenvalue weighted by Crippen LogP contribution is -2.30. The highest BCUT2D eigenvalue weighted by molar-refractivity contribution is 6.12. The number of carbonyl (C=O) groups excluding carboxylic acids is 3. The van der Waals surface area contributed by atoms with Crippen molar-refractivity contribution >= 4 is 17.7 Å². The summed E-state index contributed by atoms with van der Waals surface area (Å²) < 4.78 is 0. The molecule has 0 unspecified atom stereocenters. The van der Waals surface area contributed by atoms with Crippen LogP contribution in [0.5, 0.6) is 0 Å². The first kappa shape index (κ1) is 14.4. The number of imide groups is 1. The van der Waals surface area contributed by atoms with Gasteiger partial charge in [0.1, 0.15) is 0 Å². The SMILES string of the molecule is CCCNC(=O)CCCCCN1C(=O)C=CC1=O. The summed E-state index contributed by atoms with van der Waals surface area (Å²) in [6, 6.07) is 0. The quantitative estimate of drug-likeness (QED) is 0.517. The lowest BCUT2D eigenvalue weighted by molar-refractivity contribution is -0.136. The second-order valence-electron chi connectivity index (χ2n) is 4.32. The molecule has 5 heteroatoms. The van der Waals surface area contributed by atoms with Crippen molar-refractivity contribution < 1.29 is 14.4 Å². The Morgan fingerprint density at radius 2 is 1.83 bits per heavy atom. The third kappa shape index (κ3) is 4.69. The lowest BCUT2D eigenvalue weighted by Gasteiger charge is -2.12. The van der Waals surface area contributed by atoms with E-state index in [1.165, 1.54) is 17.1 Å². The van der Waals surface area contributed by atoms with Crippen molar-refractivity contribution in [3.05, 3.63) is 12.2 Å². The van der Waals surface area contributed by atoms with E-state index < -0.39 is 0 Å². The number of amides is 3. The molecule has 0 saturated carbocycles. The Hall–Kier alpha value is -1.65. The van der Waals surface area contributed by atoms with Crippen LogP contribution in [0, 0.1) is 0 Å². The average Bonchev–Trinajstić information content (AvgIpc) is 2.67. The fourth-order valence-electron chi connectivity index (χ4n) is 1.74. The standard InChI is InChI=1S/C13H20N2O3/c1-2-9-14-11(16)6-4-3-5-10-15-12(17)7-8-13(15)18/h7-8H,2-6,9-10H2,1H3,(H,14,16). The molecule has 0 radical (unpaired) electrons. The van der Waals surface area contributed by atoms with Crippen LogP contribution in [0.4, 0.5) is 0 Å². The zero-order valence-corrected chi connectivity index (χ0v) is 10.8. The number of unbranched alkanes of at least 4 members (excludes halogenated alkanes) is 2. The number of carbonyl (C=O) groups is 3. The summed E-state index contributed by atoms with van der Waals surface area (Å²) in [4.78, 5) is 35.0. The van der Waals surface area contributed by atoms with Crippen LogP contribution in [0.15, 0.2) is 12.2 Å². The van der Waals surface area contributed by atoms with Crippen molar-refractivity contribution in [3.63, 3.8) is 0 Å². The van der Waals surface area contributed by atoms with Crippen molar-refractivity contribution in [1.82, 2.24) is 10.2 Å². The largest absolute Gasteiger partial charge is 0.356 e. The maximum Gasteiger partial charge on any atom is 0.253 e. The molecule has 0 aromatic rings. The van der Waals surface area contributed by atoms with Gasteiger partial charge < -0.3 is 5.32 Å². The van der Waals surface area contributed by atoms with Crippen LogP contribution in [-0.2, 0) is 14.4 Å². The highest BCUT2D eigenvalue weighted by atomic mass is 16.2. The van der Waals surface area contributed by atoms with Gasteiger partial charge in [-0.3, -0.25) is 19.3 Å². The molecule has 1 heterocycles. The second kappa shape index (κ2) is 7.63. The Labute approximate surface area is 107 Å². The predicted molar refractivity (Wildman–Crippen MR) is 67.6 cm³/mol. The topological polar surface area (TPSA) is 66.5 Å². The van der Waals surface area contributed by atoms with Gasteiger partial charge in [-0.15, -0.1) is 0 Å². The molecule has 0 aromatic carbocycles. The maximum atomic E-state index is 11.3. The molecule has 1 rings (SSSR count). The zero-order valence-electron chi connectivity index (χ0n) is 10.8. The van der Waals surface area contributed by atoms with Crippen LogP contribution >= 0.6 is 0 Å². The van der Waals surface area contributed by atoms with E-state index in [1.54, 1.807) is 0 Å². The van der Waals surface area contributed by atoms with Gasteiger partial charge in [-0.05, 0) is 19.3 Å². The molecule has 1 N–H and O–H groups in total. The molecule has 100 valence electrons. The van der Waals surface area contributed by atoms with Crippen molar-refractivity contribution in [2.24, 2.45) is 0 Å². The Morgan fingerprint density at radius 1 is 1.17 bits per heavy atom. The summed E-state index contributed by atoms with van der Waals surface area (Å²) in [7, 11) is 0. The van der Waals surface area contributed by atoms with Gasteiger partial charge >= 0.3 is 0 Å². The smallest absolute Gasteiger partial charge is 0.253 e. The summed E-state index contributed by atoms with van der Waals surface area (Å²) >= 11 is 0. The molecule has 3 amide bonds. The van der Waals surface area contributed by atoms with Crippen molar-refractivity contribution in [2.45, 2.75) is 39.0 Å². The first-order chi connectivity index (χ1) is 8.65. The molecular formula is C13H20N2O3. The molecule has 0 aliphatic carbocycles. The van der Waals surface area contributed by atoms with Crippen LogP contribution in [-0.4, -0.2) is 35.7 Å². The first-order valence-electron chi connectivity index (χ1n) is 6.45. The molecule has 0 aromatic heterocycles. The highest BCUT2D eigenvalue weighted by Crippen LogP contribution is 2.07. The number of nitrogens with one attached hydrogen (secondary N) is 1. The molecule has 0 fully saturated rings. The molecule has 0 bridgehead atoms. The van der Waals surface area contributed by atoms with E-state index in [-0.39, 0.29) is 17.7 Å². The Morgan fingerprint density at radius 3 is 2.44 bits per heavy atom. The van der Waals surface area contributed by atoms with E-state index >= 15 is 0 Å². The summed E-state index contributed by atoms with van der Waals surface area (Å²) in [5.74, 6) is -0.395. The fourth-order valence-corrected chi connectivity index (χ4v) is 1.74. The number of rotatable bonds is 8. The molecule has 0 atom stereocenters. The molecular weight excluding hydrogens is 232 g/mol. The van der Waals surface area contributed by atoms with Gasteiger partial charge in [-0.1, -0.05) is 13.3 Å². The second-order valence-corrected chi connectivity index (χ2v) is 4.32. The van der Waals surface area contributed by atoms with Gasteiger partial charge in [-0.25, -0.2) is 0 Å². The van der Waals surface area contributed by atoms with Crippen LogP contribution in [0.25, 0.3) is 0 Å². The lowest BCUT2D eigenvalue weighted by atomic mass is 10.2. The highest BCUT2D eigenvalue weighted by Gasteiger charge is 2.22. The van der Waals surface area contributed by atoms with Crippen molar-refractivity contribution in [1.29, 1.82) is 0 Å². The van der Waals surface area contributed by atoms with E-state index in [0.29, 0.717) is 13.0 Å². The van der Waals surface area contributed by atoms with Gasteiger partial charge in [0.15, 0.2) is 0 Å². The van der Waals surface area contributed by atoms with Crippen molar-refractivity contribution in [2.75, 3.05) is 13.1 Å². The summed E-state index contributed by atoms with van der Waals surface area (Å²) in [6.07, 6.45) is 6.43. The van der Waals surface area contributed by atoms with Gasteiger partial charge in [0.2, 0.25) is 5.91 Å². The van der Waals surface area contributed by atoms with E-state index in [2.05, 4.69) is 5.32 Å². The number of nitrogens with zero attached hydrogens (tertiary/aromatic N) is 1. The Bertz CT molecular complexity index is 332. The van der Waals surface area contributed by atoms with Gasteiger partial charge in [0, 0.05) is 31.7 Å². The maximum absolute atomic E-state index is 11.3. The number of hydrogen-bond donors (Lipinski definition) is 1. The van der Waals surface area contributed by atoms with Crippen LogP contribution in [0.1, 0.15) is 39.0 Å². The van der Waals surface area contributed by atoms with E-state index in [1.807, 2.05) is 6.92 Å².